The number of hydrogen-bond acceptors (Lipinski definition) is 9. The van der Waals surface area contributed by atoms with E-state index in [1.54, 1.807) is 6.20 Å². The fourth-order valence-corrected chi connectivity index (χ4v) is 5.21. The fourth-order valence-electron chi connectivity index (χ4n) is 5.21. The van der Waals surface area contributed by atoms with Crippen LogP contribution in [-0.2, 0) is 15.7 Å². The van der Waals surface area contributed by atoms with Gasteiger partial charge in [-0.05, 0) is 38.8 Å². The van der Waals surface area contributed by atoms with Crippen molar-refractivity contribution >= 4 is 23.5 Å². The minimum absolute atomic E-state index is 0.0656. The predicted molar refractivity (Wildman–Crippen MR) is 142 cm³/mol. The van der Waals surface area contributed by atoms with Crippen molar-refractivity contribution in [1.82, 2.24) is 19.9 Å². The van der Waals surface area contributed by atoms with Crippen molar-refractivity contribution in [2.45, 2.75) is 50.8 Å². The minimum atomic E-state index is -4.50. The Morgan fingerprint density at radius 2 is 2.00 bits per heavy atom. The zero-order valence-electron chi connectivity index (χ0n) is 22.4. The second-order valence-corrected chi connectivity index (χ2v) is 10.5. The number of anilines is 3. The topological polar surface area (TPSA) is 115 Å². The van der Waals surface area contributed by atoms with Crippen molar-refractivity contribution in [3.8, 4) is 17.1 Å². The molecule has 2 aromatic heterocycles. The van der Waals surface area contributed by atoms with Crippen molar-refractivity contribution in [2.24, 2.45) is 0 Å². The lowest BCUT2D eigenvalue weighted by Gasteiger charge is -2.45. The molecule has 2 amide bonds. The van der Waals surface area contributed by atoms with Gasteiger partial charge in [-0.1, -0.05) is 12.1 Å². The molecule has 0 aliphatic carbocycles. The third-order valence-electron chi connectivity index (χ3n) is 7.10. The molecule has 3 aliphatic rings. The van der Waals surface area contributed by atoms with Gasteiger partial charge in [0.2, 0.25) is 5.95 Å². The number of hydrogen-bond donors (Lipinski definition) is 1. The van der Waals surface area contributed by atoms with Crippen LogP contribution in [0, 0.1) is 0 Å². The van der Waals surface area contributed by atoms with Crippen LogP contribution in [0.15, 0.2) is 42.9 Å². The third-order valence-corrected chi connectivity index (χ3v) is 7.10. The van der Waals surface area contributed by atoms with Crippen molar-refractivity contribution in [3.05, 3.63) is 48.4 Å². The Morgan fingerprint density at radius 1 is 1.20 bits per heavy atom. The number of fused-ring (bicyclic) bond motifs is 4. The molecule has 1 unspecified atom stereocenters. The van der Waals surface area contributed by atoms with E-state index >= 15 is 0 Å². The number of alkyl halides is 3. The van der Waals surface area contributed by atoms with Gasteiger partial charge in [0.1, 0.15) is 12.7 Å². The molecule has 216 valence electrons. The molecule has 1 aromatic carbocycles. The molecule has 2 atom stereocenters. The maximum absolute atomic E-state index is 13.6. The highest BCUT2D eigenvalue weighted by Crippen LogP contribution is 2.39. The molecule has 0 saturated carbocycles. The molecule has 3 aromatic rings. The van der Waals surface area contributed by atoms with E-state index in [0.29, 0.717) is 30.4 Å². The van der Waals surface area contributed by atoms with E-state index in [1.807, 2.05) is 13.8 Å². The highest BCUT2D eigenvalue weighted by atomic mass is 19.4. The highest BCUT2D eigenvalue weighted by Gasteiger charge is 2.39. The largest absolute Gasteiger partial charge is 0.488 e. The average Bonchev–Trinajstić information content (AvgIpc) is 3.30. The Labute approximate surface area is 233 Å². The van der Waals surface area contributed by atoms with Gasteiger partial charge in [0, 0.05) is 18.7 Å². The number of aromatic nitrogens is 4. The smallest absolute Gasteiger partial charge is 0.416 e. The van der Waals surface area contributed by atoms with Gasteiger partial charge in [-0.25, -0.2) is 24.7 Å². The van der Waals surface area contributed by atoms with E-state index < -0.39 is 23.6 Å². The lowest BCUT2D eigenvalue weighted by atomic mass is 10.0. The van der Waals surface area contributed by atoms with Crippen LogP contribution in [0.4, 0.5) is 35.4 Å². The molecule has 2 bridgehead atoms. The van der Waals surface area contributed by atoms with Crippen molar-refractivity contribution in [1.29, 1.82) is 0 Å². The molecule has 14 heteroatoms. The lowest BCUT2D eigenvalue weighted by Crippen LogP contribution is -2.56. The van der Waals surface area contributed by atoms with Crippen LogP contribution in [0.25, 0.3) is 11.4 Å². The molecule has 1 N–H and O–H groups in total. The summed E-state index contributed by atoms with van der Waals surface area (Å²) in [6.07, 6.45) is 1.33. The summed E-state index contributed by atoms with van der Waals surface area (Å²) < 4.78 is 56.9. The number of urea groups is 1. The minimum Gasteiger partial charge on any atom is -0.488 e. The third kappa shape index (κ3) is 5.75. The van der Waals surface area contributed by atoms with E-state index in [1.165, 1.54) is 29.4 Å². The Balaban J connectivity index is 1.21. The molecule has 3 aliphatic heterocycles. The van der Waals surface area contributed by atoms with Crippen LogP contribution >= 0.6 is 0 Å². The molecule has 11 nitrogen and oxygen atoms in total. The Morgan fingerprint density at radius 3 is 2.73 bits per heavy atom. The molecule has 0 spiro atoms. The number of carbonyl (C=O) groups excluding carboxylic acids is 1. The normalized spacial score (nSPS) is 21.4. The van der Waals surface area contributed by atoms with Gasteiger partial charge in [-0.3, -0.25) is 10.2 Å². The SMILES string of the molecule is CC1(C)OCC(COc2cnc(NC(=O)N3c4nc(-c5cccc(C(F)(F)F)c5)ncc4N4CCC[C@H]3C4)nc2)O1. The molecule has 2 fully saturated rings. The molecular weight excluding hydrogens is 543 g/mol. The number of ether oxygens (including phenoxy) is 3. The molecule has 5 heterocycles. The summed E-state index contributed by atoms with van der Waals surface area (Å²) >= 11 is 0. The molecule has 2 saturated heterocycles. The van der Waals surface area contributed by atoms with Gasteiger partial charge >= 0.3 is 12.2 Å². The summed E-state index contributed by atoms with van der Waals surface area (Å²) in [6, 6.07) is 4.12. The van der Waals surface area contributed by atoms with Crippen molar-refractivity contribution in [3.63, 3.8) is 0 Å². The fraction of sp³-hybridized carbons (Fsp3) is 0.444. The van der Waals surface area contributed by atoms with E-state index in [2.05, 4.69) is 30.2 Å². The van der Waals surface area contributed by atoms with Gasteiger partial charge in [-0.2, -0.15) is 13.2 Å². The monoisotopic (exact) mass is 571 g/mol. The quantitative estimate of drug-likeness (QED) is 0.473. The number of amides is 2. The second-order valence-electron chi connectivity index (χ2n) is 10.5. The molecular formula is C27H28F3N7O4. The zero-order valence-corrected chi connectivity index (χ0v) is 22.4. The van der Waals surface area contributed by atoms with Crippen LogP contribution in [0.2, 0.25) is 0 Å². The molecule has 6 rings (SSSR count). The van der Waals surface area contributed by atoms with Gasteiger partial charge in [0.15, 0.2) is 23.2 Å². The number of nitrogens with one attached hydrogen (secondary N) is 1. The second kappa shape index (κ2) is 10.4. The summed E-state index contributed by atoms with van der Waals surface area (Å²) in [5.74, 6) is 0.228. The van der Waals surface area contributed by atoms with E-state index in [0.717, 1.165) is 31.5 Å². The van der Waals surface area contributed by atoms with E-state index in [4.69, 9.17) is 14.2 Å². The zero-order chi connectivity index (χ0) is 28.8. The Bertz CT molecular complexity index is 1440. The maximum Gasteiger partial charge on any atom is 0.416 e. The summed E-state index contributed by atoms with van der Waals surface area (Å²) in [6.45, 7) is 5.69. The van der Waals surface area contributed by atoms with Gasteiger partial charge in [0.25, 0.3) is 0 Å². The maximum atomic E-state index is 13.6. The lowest BCUT2D eigenvalue weighted by molar-refractivity contribution is -0.141. The van der Waals surface area contributed by atoms with Crippen LogP contribution < -0.4 is 19.9 Å². The van der Waals surface area contributed by atoms with E-state index in [-0.39, 0.29) is 36.1 Å². The summed E-state index contributed by atoms with van der Waals surface area (Å²) in [5, 5.41) is 2.72. The highest BCUT2D eigenvalue weighted by molar-refractivity contribution is 6.03. The first-order chi connectivity index (χ1) is 19.6. The number of nitrogens with zero attached hydrogens (tertiary/aromatic N) is 6. The number of carbonyl (C=O) groups is 1. The number of benzene rings is 1. The van der Waals surface area contributed by atoms with Crippen molar-refractivity contribution in [2.75, 3.05) is 41.4 Å². The summed E-state index contributed by atoms with van der Waals surface area (Å²) in [5.41, 5.74) is 0.0348. The molecule has 41 heavy (non-hydrogen) atoms. The van der Waals surface area contributed by atoms with Crippen LogP contribution in [-0.4, -0.2) is 70.2 Å². The van der Waals surface area contributed by atoms with Gasteiger partial charge in [0.05, 0.1) is 42.5 Å². The van der Waals surface area contributed by atoms with Crippen LogP contribution in [0.5, 0.6) is 5.75 Å². The van der Waals surface area contributed by atoms with Crippen LogP contribution in [0.1, 0.15) is 32.3 Å². The van der Waals surface area contributed by atoms with E-state index in [9.17, 15) is 18.0 Å². The standard InChI is InChI=1S/C27H28F3N7O4/c1-26(2)40-15-20(41-26)14-39-19-10-32-24(33-11-19)35-25(38)37-18-7-4-8-36(13-18)21-12-31-22(34-23(21)37)16-5-3-6-17(9-16)27(28,29)30/h3,5-6,9-12,18,20H,4,7-8,13-15H2,1-2H3,(H,32,33,35,38)/t18-,20?/m0/s1. The number of halogens is 3. The average molecular weight is 572 g/mol. The van der Waals surface area contributed by atoms with Crippen LogP contribution in [0.3, 0.4) is 0 Å². The molecule has 0 radical (unpaired) electrons. The Kier molecular flexibility index (Phi) is 6.90. The Hall–Kier alpha value is -4.04. The van der Waals surface area contributed by atoms with Gasteiger partial charge in [-0.15, -0.1) is 0 Å². The first kappa shape index (κ1) is 27.1. The number of piperidine rings is 1. The first-order valence-electron chi connectivity index (χ1n) is 13.2. The number of rotatable bonds is 5. The predicted octanol–water partition coefficient (Wildman–Crippen LogP) is 4.50. The first-order valence-corrected chi connectivity index (χ1v) is 13.2. The van der Waals surface area contributed by atoms with Gasteiger partial charge < -0.3 is 19.1 Å². The van der Waals surface area contributed by atoms with Crippen molar-refractivity contribution < 1.29 is 32.2 Å². The summed E-state index contributed by atoms with van der Waals surface area (Å²) in [7, 11) is 0. The summed E-state index contributed by atoms with van der Waals surface area (Å²) in [4.78, 5) is 34.5.